The van der Waals surface area contributed by atoms with Crippen LogP contribution >= 0.6 is 0 Å². The minimum Gasteiger partial charge on any atom is -0.497 e. The Labute approximate surface area is 168 Å². The smallest absolute Gasteiger partial charge is 0.346 e. The van der Waals surface area contributed by atoms with Crippen molar-refractivity contribution in [3.05, 3.63) is 52.8 Å². The van der Waals surface area contributed by atoms with Crippen LogP contribution in [0, 0.1) is 6.92 Å². The standard InChI is InChI=1S/C22H22O7/c1-12-17(28-13(2)22(24)27-5)9-8-16-20(23)19(29-21(12)16)10-14-6-7-15(25-3)11-18(14)26-4/h6-11,13H,1-5H3/b19-10-/t13-/m1/s1. The zero-order chi connectivity index (χ0) is 21.1. The highest BCUT2D eigenvalue weighted by Crippen LogP contribution is 2.40. The van der Waals surface area contributed by atoms with Crippen molar-refractivity contribution in [2.75, 3.05) is 21.3 Å². The Kier molecular flexibility index (Phi) is 5.77. The lowest BCUT2D eigenvalue weighted by molar-refractivity contribution is -0.147. The molecule has 1 heterocycles. The summed E-state index contributed by atoms with van der Waals surface area (Å²) in [5.41, 5.74) is 1.73. The number of ether oxygens (including phenoxy) is 5. The highest BCUT2D eigenvalue weighted by molar-refractivity contribution is 6.15. The number of rotatable bonds is 6. The number of carbonyl (C=O) groups is 2. The first kappa shape index (κ1) is 20.3. The number of ketones is 1. The number of esters is 1. The molecule has 0 N–H and O–H groups in total. The van der Waals surface area contributed by atoms with E-state index in [1.54, 1.807) is 64.5 Å². The SMILES string of the molecule is COC(=O)[C@@H](C)Oc1ccc2c(c1C)O/C(=C\c1ccc(OC)cc1OC)C2=O. The highest BCUT2D eigenvalue weighted by atomic mass is 16.6. The molecule has 0 fully saturated rings. The van der Waals surface area contributed by atoms with E-state index in [1.807, 2.05) is 0 Å². The average molecular weight is 398 g/mol. The van der Waals surface area contributed by atoms with E-state index >= 15 is 0 Å². The predicted molar refractivity (Wildman–Crippen MR) is 106 cm³/mol. The zero-order valence-corrected chi connectivity index (χ0v) is 16.9. The van der Waals surface area contributed by atoms with Gasteiger partial charge in [0.15, 0.2) is 11.9 Å². The monoisotopic (exact) mass is 398 g/mol. The molecule has 1 aliphatic heterocycles. The topological polar surface area (TPSA) is 80.3 Å². The molecule has 0 radical (unpaired) electrons. The van der Waals surface area contributed by atoms with E-state index in [1.165, 1.54) is 7.11 Å². The van der Waals surface area contributed by atoms with Crippen LogP contribution in [-0.2, 0) is 9.53 Å². The van der Waals surface area contributed by atoms with E-state index < -0.39 is 12.1 Å². The average Bonchev–Trinajstić information content (AvgIpc) is 3.05. The van der Waals surface area contributed by atoms with Gasteiger partial charge in [-0.2, -0.15) is 0 Å². The molecular formula is C22H22O7. The molecule has 1 aliphatic rings. The van der Waals surface area contributed by atoms with E-state index in [0.29, 0.717) is 39.7 Å². The molecule has 2 aromatic rings. The van der Waals surface area contributed by atoms with Crippen LogP contribution in [0.15, 0.2) is 36.1 Å². The second-order valence-electron chi connectivity index (χ2n) is 6.40. The zero-order valence-electron chi connectivity index (χ0n) is 16.9. The minimum absolute atomic E-state index is 0.171. The summed E-state index contributed by atoms with van der Waals surface area (Å²) in [5.74, 6) is 1.48. The number of allylic oxidation sites excluding steroid dienone is 1. The molecule has 7 heteroatoms. The third kappa shape index (κ3) is 3.89. The number of benzene rings is 2. The molecule has 0 spiro atoms. The molecule has 3 rings (SSSR count). The Morgan fingerprint density at radius 2 is 1.83 bits per heavy atom. The first-order valence-electron chi connectivity index (χ1n) is 8.94. The van der Waals surface area contributed by atoms with Crippen LogP contribution in [0.5, 0.6) is 23.0 Å². The number of carbonyl (C=O) groups excluding carboxylic acids is 2. The summed E-state index contributed by atoms with van der Waals surface area (Å²) in [4.78, 5) is 24.4. The van der Waals surface area contributed by atoms with Gasteiger partial charge in [-0.1, -0.05) is 0 Å². The van der Waals surface area contributed by atoms with Crippen molar-refractivity contribution in [2.45, 2.75) is 20.0 Å². The fourth-order valence-electron chi connectivity index (χ4n) is 2.98. The molecule has 0 saturated heterocycles. The van der Waals surface area contributed by atoms with Gasteiger partial charge in [-0.05, 0) is 44.2 Å². The molecule has 29 heavy (non-hydrogen) atoms. The summed E-state index contributed by atoms with van der Waals surface area (Å²) in [7, 11) is 4.40. The van der Waals surface area contributed by atoms with Crippen molar-refractivity contribution in [3.63, 3.8) is 0 Å². The second kappa shape index (κ2) is 8.26. The Morgan fingerprint density at radius 3 is 2.48 bits per heavy atom. The van der Waals surface area contributed by atoms with E-state index in [9.17, 15) is 9.59 Å². The van der Waals surface area contributed by atoms with Gasteiger partial charge >= 0.3 is 5.97 Å². The van der Waals surface area contributed by atoms with Gasteiger partial charge in [-0.3, -0.25) is 4.79 Å². The molecule has 0 unspecified atom stereocenters. The first-order valence-corrected chi connectivity index (χ1v) is 8.94. The number of hydrogen-bond donors (Lipinski definition) is 0. The van der Waals surface area contributed by atoms with Gasteiger partial charge in [-0.25, -0.2) is 4.79 Å². The van der Waals surface area contributed by atoms with Crippen LogP contribution in [0.1, 0.15) is 28.4 Å². The summed E-state index contributed by atoms with van der Waals surface area (Å²) in [6, 6.07) is 8.54. The van der Waals surface area contributed by atoms with Crippen molar-refractivity contribution >= 4 is 17.8 Å². The van der Waals surface area contributed by atoms with Crippen molar-refractivity contribution in [1.29, 1.82) is 0 Å². The fourth-order valence-corrected chi connectivity index (χ4v) is 2.98. The predicted octanol–water partition coefficient (Wildman–Crippen LogP) is 3.57. The third-order valence-corrected chi connectivity index (χ3v) is 4.60. The maximum Gasteiger partial charge on any atom is 0.346 e. The van der Waals surface area contributed by atoms with E-state index in [2.05, 4.69) is 4.74 Å². The largest absolute Gasteiger partial charge is 0.497 e. The van der Waals surface area contributed by atoms with E-state index in [4.69, 9.17) is 18.9 Å². The highest BCUT2D eigenvalue weighted by Gasteiger charge is 2.31. The van der Waals surface area contributed by atoms with Gasteiger partial charge in [0.25, 0.3) is 0 Å². The molecular weight excluding hydrogens is 376 g/mol. The lowest BCUT2D eigenvalue weighted by atomic mass is 10.1. The summed E-state index contributed by atoms with van der Waals surface area (Å²) in [5, 5.41) is 0. The van der Waals surface area contributed by atoms with Crippen molar-refractivity contribution < 1.29 is 33.3 Å². The van der Waals surface area contributed by atoms with Gasteiger partial charge in [0, 0.05) is 17.2 Å². The fraction of sp³-hybridized carbons (Fsp3) is 0.273. The second-order valence-corrected chi connectivity index (χ2v) is 6.40. The number of Topliss-reactive ketones (excluding diaryl/α,β-unsaturated/α-hetero) is 1. The molecule has 0 bridgehead atoms. The quantitative estimate of drug-likeness (QED) is 0.544. The van der Waals surface area contributed by atoms with Crippen molar-refractivity contribution in [2.24, 2.45) is 0 Å². The van der Waals surface area contributed by atoms with Crippen LogP contribution in [0.4, 0.5) is 0 Å². The Morgan fingerprint density at radius 1 is 1.07 bits per heavy atom. The maximum absolute atomic E-state index is 12.8. The van der Waals surface area contributed by atoms with Crippen LogP contribution in [0.2, 0.25) is 0 Å². The van der Waals surface area contributed by atoms with Crippen LogP contribution < -0.4 is 18.9 Å². The third-order valence-electron chi connectivity index (χ3n) is 4.60. The molecule has 152 valence electrons. The van der Waals surface area contributed by atoms with Crippen LogP contribution in [0.3, 0.4) is 0 Å². The molecule has 0 saturated carbocycles. The van der Waals surface area contributed by atoms with Crippen LogP contribution in [-0.4, -0.2) is 39.2 Å². The molecule has 1 atom stereocenters. The Balaban J connectivity index is 1.92. The lowest BCUT2D eigenvalue weighted by Gasteiger charge is -2.15. The van der Waals surface area contributed by atoms with Crippen molar-refractivity contribution in [3.8, 4) is 23.0 Å². The molecule has 0 aromatic heterocycles. The van der Waals surface area contributed by atoms with Gasteiger partial charge in [0.2, 0.25) is 5.78 Å². The number of methoxy groups -OCH3 is 3. The van der Waals surface area contributed by atoms with E-state index in [-0.39, 0.29) is 11.5 Å². The molecule has 0 aliphatic carbocycles. The summed E-state index contributed by atoms with van der Waals surface area (Å²) in [6.45, 7) is 3.36. The summed E-state index contributed by atoms with van der Waals surface area (Å²) >= 11 is 0. The Hall–Kier alpha value is -3.48. The van der Waals surface area contributed by atoms with Gasteiger partial charge in [-0.15, -0.1) is 0 Å². The molecule has 7 nitrogen and oxygen atoms in total. The van der Waals surface area contributed by atoms with Gasteiger partial charge in [0.1, 0.15) is 23.0 Å². The lowest BCUT2D eigenvalue weighted by Crippen LogP contribution is -2.25. The van der Waals surface area contributed by atoms with E-state index in [0.717, 1.165) is 0 Å². The van der Waals surface area contributed by atoms with Gasteiger partial charge < -0.3 is 23.7 Å². The maximum atomic E-state index is 12.8. The summed E-state index contributed by atoms with van der Waals surface area (Å²) < 4.78 is 26.7. The number of hydrogen-bond acceptors (Lipinski definition) is 7. The molecule has 2 aromatic carbocycles. The normalized spacial score (nSPS) is 14.8. The molecule has 0 amide bonds. The first-order chi connectivity index (χ1) is 13.9. The van der Waals surface area contributed by atoms with Gasteiger partial charge in [0.05, 0.1) is 26.9 Å². The number of fused-ring (bicyclic) bond motifs is 1. The minimum atomic E-state index is -0.785. The van der Waals surface area contributed by atoms with Crippen LogP contribution in [0.25, 0.3) is 6.08 Å². The van der Waals surface area contributed by atoms with Crippen molar-refractivity contribution in [1.82, 2.24) is 0 Å². The summed E-state index contributed by atoms with van der Waals surface area (Å²) in [6.07, 6.45) is 0.838. The Bertz CT molecular complexity index is 991.